The number of nitrogens with zero attached hydrogens (tertiary/aromatic N) is 18. The van der Waals surface area contributed by atoms with E-state index in [2.05, 4.69) is 89.5 Å². The number of hydrogen-bond donors (Lipinski definition) is 10. The molecular weight excluding hydrogens is 741 g/mol. The van der Waals surface area contributed by atoms with Crippen molar-refractivity contribution in [2.45, 2.75) is 32.1 Å². The van der Waals surface area contributed by atoms with Crippen molar-refractivity contribution in [2.75, 3.05) is 116 Å². The van der Waals surface area contributed by atoms with Crippen molar-refractivity contribution in [2.24, 2.45) is 0 Å². The highest BCUT2D eigenvalue weighted by molar-refractivity contribution is 5.29. The van der Waals surface area contributed by atoms with Gasteiger partial charge in [0.2, 0.25) is 59.5 Å². The molecule has 0 bridgehead atoms. The molecule has 0 aromatic carbocycles. The van der Waals surface area contributed by atoms with Crippen LogP contribution in [-0.4, -0.2) is 148 Å². The van der Waals surface area contributed by atoms with Crippen LogP contribution in [0.25, 0.3) is 0 Å². The zero-order valence-electron chi connectivity index (χ0n) is 31.2. The highest BCUT2D eigenvalue weighted by Crippen LogP contribution is 2.09. The molecule has 0 aliphatic heterocycles. The maximum atomic E-state index is 5.87. The Morgan fingerprint density at radius 3 is 0.509 bits per heavy atom. The molecule has 304 valence electrons. The first-order valence-corrected chi connectivity index (χ1v) is 17.7. The van der Waals surface area contributed by atoms with Crippen LogP contribution in [0.15, 0.2) is 0 Å². The molecule has 0 radical (unpaired) electrons. The fourth-order valence-corrected chi connectivity index (χ4v) is 5.71. The summed E-state index contributed by atoms with van der Waals surface area (Å²) >= 11 is 0. The third-order valence-corrected chi connectivity index (χ3v) is 8.30. The number of aromatic nitrogens is 15. The fraction of sp³-hybridized carbons (Fsp3) is 0.483. The Morgan fingerprint density at radius 1 is 0.211 bits per heavy atom. The third-order valence-electron chi connectivity index (χ3n) is 8.30. The van der Waals surface area contributed by atoms with Gasteiger partial charge in [0, 0.05) is 91.0 Å². The van der Waals surface area contributed by atoms with Crippen LogP contribution in [0.3, 0.4) is 0 Å². The van der Waals surface area contributed by atoms with Crippen molar-refractivity contribution in [1.29, 1.82) is 0 Å². The summed E-state index contributed by atoms with van der Waals surface area (Å²) < 4.78 is 0. The van der Waals surface area contributed by atoms with E-state index < -0.39 is 0 Å². The molecule has 0 amide bonds. The van der Waals surface area contributed by atoms with E-state index in [4.69, 9.17) is 57.3 Å². The van der Waals surface area contributed by atoms with Gasteiger partial charge in [-0.1, -0.05) is 0 Å². The van der Waals surface area contributed by atoms with E-state index in [0.29, 0.717) is 120 Å². The van der Waals surface area contributed by atoms with Crippen molar-refractivity contribution in [3.8, 4) is 0 Å². The minimum absolute atomic E-state index is 0.0415. The summed E-state index contributed by atoms with van der Waals surface area (Å²) in [6.07, 6.45) is 2.19. The second-order valence-electron chi connectivity index (χ2n) is 12.6. The van der Waals surface area contributed by atoms with E-state index in [1.165, 1.54) is 0 Å². The molecule has 5 aromatic heterocycles. The molecule has 0 spiro atoms. The van der Waals surface area contributed by atoms with Crippen molar-refractivity contribution in [1.82, 2.24) is 89.5 Å². The number of nitrogen functional groups attached to an aromatic ring is 10. The van der Waals surface area contributed by atoms with Gasteiger partial charge in [0.1, 0.15) is 29.1 Å². The van der Waals surface area contributed by atoms with Crippen LogP contribution in [0, 0.1) is 0 Å². The standard InChI is InChI=1S/C29H48N28/c30-20-40-15(41-21(31)50-20)1-6-55(7-2-16-42-22(32)51-23(33)43-16)11-13-57(10-5-19-48-28(38)54-29(39)49-19)14-12-56(8-3-17-44-24(34)52-25(35)45-17)9-4-18-46-26(36)53-27(37)47-18/h1-14H2,(H4,30,31,40,41,50)(H4,32,33,42,43,51)(H4,34,35,44,45,52)(H4,36,37,46,47,53)(H4,38,39,48,49,54). The van der Waals surface area contributed by atoms with Gasteiger partial charge in [0.25, 0.3) is 0 Å². The molecule has 0 aliphatic rings. The molecule has 0 atom stereocenters. The predicted octanol–water partition coefficient (Wildman–Crippen LogP) is -5.15. The molecule has 28 heteroatoms. The van der Waals surface area contributed by atoms with Gasteiger partial charge in [-0.3, -0.25) is 0 Å². The maximum absolute atomic E-state index is 5.87. The van der Waals surface area contributed by atoms with Gasteiger partial charge in [0.15, 0.2) is 0 Å². The van der Waals surface area contributed by atoms with Gasteiger partial charge in [-0.2, -0.15) is 74.8 Å². The maximum Gasteiger partial charge on any atom is 0.225 e. The lowest BCUT2D eigenvalue weighted by Gasteiger charge is -2.30. The van der Waals surface area contributed by atoms with Crippen LogP contribution in [0.5, 0.6) is 0 Å². The zero-order chi connectivity index (χ0) is 40.9. The van der Waals surface area contributed by atoms with E-state index in [9.17, 15) is 0 Å². The van der Waals surface area contributed by atoms with Crippen LogP contribution >= 0.6 is 0 Å². The number of nitrogens with two attached hydrogens (primary N) is 10. The Bertz CT molecular complexity index is 1750. The van der Waals surface area contributed by atoms with Gasteiger partial charge < -0.3 is 72.0 Å². The lowest BCUT2D eigenvalue weighted by molar-refractivity contribution is 0.176. The van der Waals surface area contributed by atoms with E-state index in [1.807, 2.05) is 0 Å². The Kier molecular flexibility index (Phi) is 14.1. The van der Waals surface area contributed by atoms with Crippen molar-refractivity contribution in [3.63, 3.8) is 0 Å². The summed E-state index contributed by atoms with van der Waals surface area (Å²) in [7, 11) is 0. The summed E-state index contributed by atoms with van der Waals surface area (Å²) in [6, 6.07) is 0. The van der Waals surface area contributed by atoms with E-state index in [-0.39, 0.29) is 59.5 Å². The molecular formula is C29H48N28. The normalized spacial score (nSPS) is 11.6. The molecule has 0 saturated carbocycles. The molecule has 5 rings (SSSR count). The topological polar surface area (TPSA) is 463 Å². The number of hydrogen-bond acceptors (Lipinski definition) is 28. The Hall–Kier alpha value is -7.07. The molecule has 57 heavy (non-hydrogen) atoms. The Labute approximate surface area is 326 Å². The minimum Gasteiger partial charge on any atom is -0.368 e. The first kappa shape index (κ1) is 41.1. The first-order valence-electron chi connectivity index (χ1n) is 17.7. The van der Waals surface area contributed by atoms with Crippen molar-refractivity contribution < 1.29 is 0 Å². The van der Waals surface area contributed by atoms with Gasteiger partial charge in [-0.25, -0.2) is 0 Å². The lowest BCUT2D eigenvalue weighted by Crippen LogP contribution is -2.42. The first-order chi connectivity index (χ1) is 27.2. The second kappa shape index (κ2) is 19.5. The highest BCUT2D eigenvalue weighted by Gasteiger charge is 2.17. The van der Waals surface area contributed by atoms with Crippen LogP contribution in [-0.2, 0) is 32.1 Å². The monoisotopic (exact) mass is 788 g/mol. The minimum atomic E-state index is 0.0415. The van der Waals surface area contributed by atoms with Gasteiger partial charge in [-0.05, 0) is 0 Å². The van der Waals surface area contributed by atoms with Crippen LogP contribution in [0.2, 0.25) is 0 Å². The van der Waals surface area contributed by atoms with Crippen LogP contribution in [0.1, 0.15) is 29.1 Å². The van der Waals surface area contributed by atoms with Crippen LogP contribution in [0.4, 0.5) is 59.5 Å². The van der Waals surface area contributed by atoms with Gasteiger partial charge >= 0.3 is 0 Å². The van der Waals surface area contributed by atoms with Gasteiger partial charge in [-0.15, -0.1) is 0 Å². The second-order valence-corrected chi connectivity index (χ2v) is 12.6. The number of anilines is 10. The summed E-state index contributed by atoms with van der Waals surface area (Å²) in [5.41, 5.74) is 58.4. The predicted molar refractivity (Wildman–Crippen MR) is 211 cm³/mol. The average Bonchev–Trinajstić information content (AvgIpc) is 3.10. The largest absolute Gasteiger partial charge is 0.368 e. The SMILES string of the molecule is Nc1nc(N)nc(CCN(CCc2nc(N)nc(N)n2)CCN(CCc2nc(N)nc(N)n2)CCN(CCc2nc(N)nc(N)n2)CCc2nc(N)nc(N)n2)n1. The molecule has 5 heterocycles. The smallest absolute Gasteiger partial charge is 0.225 e. The van der Waals surface area contributed by atoms with E-state index in [0.717, 1.165) is 0 Å². The summed E-state index contributed by atoms with van der Waals surface area (Å²) in [5, 5.41) is 0. The van der Waals surface area contributed by atoms with E-state index in [1.54, 1.807) is 0 Å². The molecule has 20 N–H and O–H groups in total. The fourth-order valence-electron chi connectivity index (χ4n) is 5.71. The highest BCUT2D eigenvalue weighted by atomic mass is 15.2. The summed E-state index contributed by atoms with van der Waals surface area (Å²) in [4.78, 5) is 68.6. The Balaban J connectivity index is 1.33. The molecule has 0 aliphatic carbocycles. The van der Waals surface area contributed by atoms with Crippen LogP contribution < -0.4 is 57.3 Å². The third kappa shape index (κ3) is 13.9. The Morgan fingerprint density at radius 2 is 0.351 bits per heavy atom. The van der Waals surface area contributed by atoms with Crippen molar-refractivity contribution >= 4 is 59.5 Å². The van der Waals surface area contributed by atoms with Crippen molar-refractivity contribution in [3.05, 3.63) is 29.1 Å². The van der Waals surface area contributed by atoms with E-state index >= 15 is 0 Å². The molecule has 5 aromatic rings. The molecule has 28 nitrogen and oxygen atoms in total. The average molecular weight is 789 g/mol. The quantitative estimate of drug-likeness (QED) is 0.0332. The van der Waals surface area contributed by atoms with Gasteiger partial charge in [0.05, 0.1) is 0 Å². The lowest BCUT2D eigenvalue weighted by atomic mass is 10.2. The summed E-state index contributed by atoms with van der Waals surface area (Å²) in [5.74, 6) is 2.71. The molecule has 0 fully saturated rings. The zero-order valence-corrected chi connectivity index (χ0v) is 31.2. The summed E-state index contributed by atoms with van der Waals surface area (Å²) in [6.45, 7) is 5.10. The molecule has 0 unspecified atom stereocenters. The molecule has 0 saturated heterocycles. The number of rotatable bonds is 21.